The number of carbonyl (C=O) groups excluding carboxylic acids is 1. The Bertz CT molecular complexity index is 177. The van der Waals surface area contributed by atoms with Crippen LogP contribution in [-0.2, 0) is 4.79 Å². The third kappa shape index (κ3) is 1.30. The molecule has 3 rings (SSSR count). The number of ketones is 1. The van der Waals surface area contributed by atoms with Crippen LogP contribution in [0.15, 0.2) is 0 Å². The molecule has 3 aliphatic rings. The number of hydrogen-bond acceptors (Lipinski definition) is 1. The topological polar surface area (TPSA) is 17.1 Å². The molecule has 1 unspecified atom stereocenters. The van der Waals surface area contributed by atoms with E-state index >= 15 is 0 Å². The van der Waals surface area contributed by atoms with E-state index in [0.29, 0.717) is 11.7 Å². The van der Waals surface area contributed by atoms with Crippen molar-refractivity contribution in [3.8, 4) is 0 Å². The first-order valence-corrected chi connectivity index (χ1v) is 5.34. The maximum atomic E-state index is 11.6. The van der Waals surface area contributed by atoms with Crippen molar-refractivity contribution in [3.63, 3.8) is 0 Å². The number of rotatable bonds is 2. The third-order valence-corrected chi connectivity index (χ3v) is 3.81. The van der Waals surface area contributed by atoms with Gasteiger partial charge in [-0.15, -0.1) is 0 Å². The monoisotopic (exact) mass is 166 g/mol. The first kappa shape index (κ1) is 8.28. The number of hydrogen-bond donors (Lipinski definition) is 0. The minimum atomic E-state index is 0.461. The van der Waals surface area contributed by atoms with Crippen LogP contribution in [0.3, 0.4) is 0 Å². The van der Waals surface area contributed by atoms with E-state index in [-0.39, 0.29) is 0 Å². The smallest absolute Gasteiger partial charge is 0.135 e. The first-order chi connectivity index (χ1) is 5.81. The lowest BCUT2D eigenvalue weighted by atomic mass is 9.63. The van der Waals surface area contributed by atoms with Gasteiger partial charge in [0.25, 0.3) is 0 Å². The number of carbonyl (C=O) groups is 1. The first-order valence-electron chi connectivity index (χ1n) is 5.34. The predicted octanol–water partition coefficient (Wildman–Crippen LogP) is 2.79. The van der Waals surface area contributed by atoms with Gasteiger partial charge < -0.3 is 0 Å². The Kier molecular flexibility index (Phi) is 2.20. The molecule has 0 aromatic heterocycles. The highest BCUT2D eigenvalue weighted by atomic mass is 16.1. The van der Waals surface area contributed by atoms with Crippen molar-refractivity contribution in [3.05, 3.63) is 0 Å². The maximum absolute atomic E-state index is 11.6. The van der Waals surface area contributed by atoms with Crippen LogP contribution in [-0.4, -0.2) is 5.78 Å². The van der Waals surface area contributed by atoms with Gasteiger partial charge in [-0.05, 0) is 31.1 Å². The Morgan fingerprint density at radius 2 is 1.92 bits per heavy atom. The Morgan fingerprint density at radius 1 is 1.25 bits per heavy atom. The second-order valence-electron chi connectivity index (χ2n) is 4.44. The normalized spacial score (nSPS) is 39.9. The third-order valence-electron chi connectivity index (χ3n) is 3.81. The van der Waals surface area contributed by atoms with Crippen molar-refractivity contribution in [1.29, 1.82) is 0 Å². The van der Waals surface area contributed by atoms with Crippen molar-refractivity contribution in [2.75, 3.05) is 0 Å². The fraction of sp³-hybridized carbons (Fsp3) is 0.909. The highest BCUT2D eigenvalue weighted by Gasteiger charge is 2.38. The molecular weight excluding hydrogens is 148 g/mol. The van der Waals surface area contributed by atoms with Crippen LogP contribution in [0.25, 0.3) is 0 Å². The summed E-state index contributed by atoms with van der Waals surface area (Å²) in [5, 5.41) is 0. The van der Waals surface area contributed by atoms with Gasteiger partial charge in [0.05, 0.1) is 0 Å². The second kappa shape index (κ2) is 3.20. The van der Waals surface area contributed by atoms with Crippen molar-refractivity contribution in [1.82, 2.24) is 0 Å². The molecule has 1 atom stereocenters. The summed E-state index contributed by atoms with van der Waals surface area (Å²) in [5.74, 6) is 2.66. The minimum Gasteiger partial charge on any atom is -0.299 e. The zero-order valence-electron chi connectivity index (χ0n) is 7.88. The van der Waals surface area contributed by atoms with Crippen LogP contribution < -0.4 is 0 Å². The molecule has 0 saturated heterocycles. The van der Waals surface area contributed by atoms with Gasteiger partial charge in [-0.25, -0.2) is 0 Å². The fourth-order valence-corrected chi connectivity index (χ4v) is 3.03. The Morgan fingerprint density at radius 3 is 2.33 bits per heavy atom. The summed E-state index contributed by atoms with van der Waals surface area (Å²) in [6.45, 7) is 2.00. The van der Waals surface area contributed by atoms with E-state index in [1.807, 2.05) is 6.92 Å². The van der Waals surface area contributed by atoms with Gasteiger partial charge in [-0.3, -0.25) is 4.79 Å². The summed E-state index contributed by atoms with van der Waals surface area (Å²) in [6.07, 6.45) is 7.45. The Balaban J connectivity index is 2.03. The van der Waals surface area contributed by atoms with Gasteiger partial charge in [0.1, 0.15) is 5.78 Å². The van der Waals surface area contributed by atoms with Gasteiger partial charge >= 0.3 is 0 Å². The highest BCUT2D eigenvalue weighted by Crippen LogP contribution is 2.45. The summed E-state index contributed by atoms with van der Waals surface area (Å²) >= 11 is 0. The summed E-state index contributed by atoms with van der Waals surface area (Å²) in [5.41, 5.74) is 0. The predicted molar refractivity (Wildman–Crippen MR) is 48.9 cm³/mol. The maximum Gasteiger partial charge on any atom is 0.135 e. The van der Waals surface area contributed by atoms with E-state index in [0.717, 1.165) is 18.3 Å². The van der Waals surface area contributed by atoms with Gasteiger partial charge in [-0.2, -0.15) is 0 Å². The van der Waals surface area contributed by atoms with Crippen LogP contribution in [0.5, 0.6) is 0 Å². The molecule has 0 aliphatic heterocycles. The number of fused-ring (bicyclic) bond motifs is 3. The molecule has 12 heavy (non-hydrogen) atoms. The van der Waals surface area contributed by atoms with E-state index in [9.17, 15) is 4.79 Å². The van der Waals surface area contributed by atoms with E-state index in [4.69, 9.17) is 0 Å². The van der Waals surface area contributed by atoms with E-state index in [1.165, 1.54) is 32.1 Å². The van der Waals surface area contributed by atoms with Crippen molar-refractivity contribution in [2.45, 2.75) is 45.4 Å². The largest absolute Gasteiger partial charge is 0.299 e. The lowest BCUT2D eigenvalue weighted by Crippen LogP contribution is -2.35. The molecule has 0 radical (unpaired) electrons. The quantitative estimate of drug-likeness (QED) is 0.616. The van der Waals surface area contributed by atoms with Crippen LogP contribution in [0, 0.1) is 17.8 Å². The standard InChI is InChI=1S/C11H18O/c1-2-11(12)10-7-8-3-5-9(10)6-4-8/h8-10H,2-7H2,1H3. The summed E-state index contributed by atoms with van der Waals surface area (Å²) in [6, 6.07) is 0. The Labute approximate surface area is 74.5 Å². The van der Waals surface area contributed by atoms with E-state index in [1.54, 1.807) is 0 Å². The second-order valence-corrected chi connectivity index (χ2v) is 4.44. The lowest BCUT2D eigenvalue weighted by Gasteiger charge is -2.41. The molecule has 68 valence electrons. The lowest BCUT2D eigenvalue weighted by molar-refractivity contribution is -0.127. The molecule has 3 saturated carbocycles. The summed E-state index contributed by atoms with van der Waals surface area (Å²) < 4.78 is 0. The van der Waals surface area contributed by atoms with Crippen molar-refractivity contribution < 1.29 is 4.79 Å². The summed E-state index contributed by atoms with van der Waals surface area (Å²) in [4.78, 5) is 11.6. The fourth-order valence-electron chi connectivity index (χ4n) is 3.03. The van der Waals surface area contributed by atoms with E-state index in [2.05, 4.69) is 0 Å². The molecule has 3 fully saturated rings. The van der Waals surface area contributed by atoms with Gasteiger partial charge in [0.2, 0.25) is 0 Å². The SMILES string of the molecule is CCC(=O)C1CC2CCC1CC2. The van der Waals surface area contributed by atoms with Crippen molar-refractivity contribution in [2.24, 2.45) is 17.8 Å². The zero-order valence-corrected chi connectivity index (χ0v) is 7.88. The average molecular weight is 166 g/mol. The molecule has 0 amide bonds. The Hall–Kier alpha value is -0.330. The highest BCUT2D eigenvalue weighted by molar-refractivity contribution is 5.81. The molecule has 0 N–H and O–H groups in total. The van der Waals surface area contributed by atoms with Crippen molar-refractivity contribution >= 4 is 5.78 Å². The van der Waals surface area contributed by atoms with E-state index < -0.39 is 0 Å². The van der Waals surface area contributed by atoms with Crippen LogP contribution >= 0.6 is 0 Å². The van der Waals surface area contributed by atoms with Crippen LogP contribution in [0.1, 0.15) is 45.4 Å². The molecule has 1 heteroatoms. The van der Waals surface area contributed by atoms with Gasteiger partial charge in [-0.1, -0.05) is 19.8 Å². The molecule has 3 aliphatic carbocycles. The minimum absolute atomic E-state index is 0.461. The summed E-state index contributed by atoms with van der Waals surface area (Å²) in [7, 11) is 0. The molecule has 0 aromatic rings. The average Bonchev–Trinajstić information content (AvgIpc) is 2.18. The van der Waals surface area contributed by atoms with Gasteiger partial charge in [0.15, 0.2) is 0 Å². The molecular formula is C11H18O. The molecule has 0 heterocycles. The van der Waals surface area contributed by atoms with Crippen LogP contribution in [0.4, 0.5) is 0 Å². The molecule has 2 bridgehead atoms. The van der Waals surface area contributed by atoms with Gasteiger partial charge in [0, 0.05) is 12.3 Å². The molecule has 0 spiro atoms. The van der Waals surface area contributed by atoms with Crippen LogP contribution in [0.2, 0.25) is 0 Å². The molecule has 0 aromatic carbocycles. The zero-order chi connectivity index (χ0) is 8.55. The number of Topliss-reactive ketones (excluding diaryl/α,β-unsaturated/α-hetero) is 1. The molecule has 1 nitrogen and oxygen atoms in total.